The van der Waals surface area contributed by atoms with Gasteiger partial charge in [-0.3, -0.25) is 9.59 Å². The number of fused-ring (bicyclic) bond motifs is 2. The van der Waals surface area contributed by atoms with E-state index in [4.69, 9.17) is 0 Å². The van der Waals surface area contributed by atoms with Crippen LogP contribution in [0, 0.1) is 0 Å². The van der Waals surface area contributed by atoms with Gasteiger partial charge in [0.25, 0.3) is 0 Å². The van der Waals surface area contributed by atoms with Gasteiger partial charge in [-0.2, -0.15) is 0 Å². The topological polar surface area (TPSA) is 83.5 Å². The molecule has 1 aliphatic carbocycles. The van der Waals surface area contributed by atoms with E-state index in [1.165, 1.54) is 24.3 Å². The van der Waals surface area contributed by atoms with Crippen LogP contribution in [0.3, 0.4) is 0 Å². The molecule has 1 atom stereocenters. The number of hydrogen-bond acceptors (Lipinski definition) is 5. The molecule has 1 unspecified atom stereocenters. The van der Waals surface area contributed by atoms with Gasteiger partial charge in [0, 0.05) is 16.7 Å². The molecule has 2 aromatic rings. The Morgan fingerprint density at radius 2 is 1.48 bits per heavy atom. The van der Waals surface area contributed by atoms with Crippen LogP contribution in [-0.2, 0) is 11.4 Å². The van der Waals surface area contributed by atoms with E-state index >= 15 is 0 Å². The van der Waals surface area contributed by atoms with Gasteiger partial charge in [0.1, 0.15) is 11.4 Å². The van der Waals surface area contributed by atoms with Gasteiger partial charge in [-0.1, -0.05) is 36.4 Å². The minimum absolute atomic E-state index is 0. The van der Waals surface area contributed by atoms with E-state index in [0.717, 1.165) is 0 Å². The fraction of sp³-hybridized carbons (Fsp3) is 0. The smallest absolute Gasteiger partial charge is 1.00 e. The molecule has 0 aromatic heterocycles. The maximum atomic E-state index is 12.4. The summed E-state index contributed by atoms with van der Waals surface area (Å²) in [7, 11) is 0. The Balaban J connectivity index is 0.00000121. The second-order valence-corrected chi connectivity index (χ2v) is 4.74. The number of ketones is 2. The van der Waals surface area contributed by atoms with Crippen molar-refractivity contribution in [2.24, 2.45) is 0 Å². The van der Waals surface area contributed by atoms with E-state index in [2.05, 4.69) is 4.18 Å². The molecule has 0 N–H and O–H groups in total. The molecule has 0 amide bonds. The Labute approximate surface area is 167 Å². The first-order chi connectivity index (χ1) is 9.59. The summed E-state index contributed by atoms with van der Waals surface area (Å²) in [5.74, 6) is -0.878. The molecule has 0 radical (unpaired) electrons. The van der Waals surface area contributed by atoms with Crippen molar-refractivity contribution < 1.29 is 75.3 Å². The second-order valence-electron chi connectivity index (χ2n) is 4.17. The summed E-state index contributed by atoms with van der Waals surface area (Å²) in [6.45, 7) is 0. The van der Waals surface area contributed by atoms with E-state index in [1.807, 2.05) is 0 Å². The molecule has 0 fully saturated rings. The fourth-order valence-corrected chi connectivity index (χ4v) is 2.54. The monoisotopic (exact) mass is 327 g/mol. The predicted molar refractivity (Wildman–Crippen MR) is 70.4 cm³/mol. The molecule has 1 aliphatic rings. The molecule has 3 rings (SSSR count). The fourth-order valence-electron chi connectivity index (χ4n) is 2.26. The Bertz CT molecular complexity index is 778. The van der Waals surface area contributed by atoms with Gasteiger partial charge in [-0.15, -0.1) is 0 Å². The van der Waals surface area contributed by atoms with Crippen LogP contribution in [0.25, 0.3) is 0 Å². The van der Waals surface area contributed by atoms with Gasteiger partial charge in [-0.05, 0) is 6.07 Å². The molecule has 0 spiro atoms. The molecule has 0 aliphatic heterocycles. The van der Waals surface area contributed by atoms with Gasteiger partial charge in [0.2, 0.25) is 0 Å². The minimum Gasteiger partial charge on any atom is -1.00 e. The standard InChI is InChI=1S/C14H8O5S.K.H/c15-13-8-4-1-2-5-9(8)14(16)12-10(13)6-3-7-11(12)19-20(17)18;;/h1-7H,(H,17,18);;/q;+1;-1/p-1. The maximum absolute atomic E-state index is 12.4. The van der Waals surface area contributed by atoms with Crippen molar-refractivity contribution in [2.75, 3.05) is 0 Å². The van der Waals surface area contributed by atoms with Crippen LogP contribution in [0.4, 0.5) is 0 Å². The van der Waals surface area contributed by atoms with Crippen LogP contribution in [0.2, 0.25) is 0 Å². The number of carbonyl (C=O) groups excluding carboxylic acids is 2. The third-order valence-corrected chi connectivity index (χ3v) is 3.39. The van der Waals surface area contributed by atoms with Crippen LogP contribution in [0.15, 0.2) is 42.5 Å². The normalized spacial score (nSPS) is 13.8. The molecule has 7 heteroatoms. The number of rotatable bonds is 2. The van der Waals surface area contributed by atoms with E-state index < -0.39 is 17.1 Å². The van der Waals surface area contributed by atoms with E-state index in [-0.39, 0.29) is 81.0 Å². The van der Waals surface area contributed by atoms with Gasteiger partial charge >= 0.3 is 51.4 Å². The van der Waals surface area contributed by atoms with Crippen LogP contribution >= 0.6 is 0 Å². The summed E-state index contributed by atoms with van der Waals surface area (Å²) in [6, 6.07) is 10.7. The molecule has 102 valence electrons. The third kappa shape index (κ3) is 2.95. The zero-order valence-electron chi connectivity index (χ0n) is 12.0. The first-order valence-electron chi connectivity index (χ1n) is 5.68. The maximum Gasteiger partial charge on any atom is 1.00 e. The average molecular weight is 327 g/mol. The zero-order valence-corrected chi connectivity index (χ0v) is 14.9. The molecule has 0 heterocycles. The molecule has 0 saturated carbocycles. The van der Waals surface area contributed by atoms with Gasteiger partial charge < -0.3 is 10.2 Å². The van der Waals surface area contributed by atoms with E-state index in [9.17, 15) is 18.4 Å². The summed E-state index contributed by atoms with van der Waals surface area (Å²) < 4.78 is 25.9. The first kappa shape index (κ1) is 16.7. The van der Waals surface area contributed by atoms with Crippen molar-refractivity contribution in [1.29, 1.82) is 0 Å². The van der Waals surface area contributed by atoms with Crippen molar-refractivity contribution >= 4 is 22.9 Å². The SMILES string of the molecule is O=C1c2ccccc2C(=O)c2c(OS(=O)[O-])cccc21.[H-].[K+]. The average Bonchev–Trinajstić information content (AvgIpc) is 2.44. The molecule has 21 heavy (non-hydrogen) atoms. The van der Waals surface area contributed by atoms with Gasteiger partial charge in [-0.25, -0.2) is 4.21 Å². The summed E-state index contributed by atoms with van der Waals surface area (Å²) in [5, 5.41) is 0. The Morgan fingerprint density at radius 1 is 0.905 bits per heavy atom. The van der Waals surface area contributed by atoms with Crippen LogP contribution < -0.4 is 55.6 Å². The molecule has 0 bridgehead atoms. The van der Waals surface area contributed by atoms with E-state index in [1.54, 1.807) is 18.2 Å². The number of benzene rings is 2. The summed E-state index contributed by atoms with van der Waals surface area (Å²) >= 11 is -2.81. The third-order valence-electron chi connectivity index (χ3n) is 3.07. The summed E-state index contributed by atoms with van der Waals surface area (Å²) in [5.41, 5.74) is 0.695. The van der Waals surface area contributed by atoms with Crippen LogP contribution in [0.1, 0.15) is 33.3 Å². The quantitative estimate of drug-likeness (QED) is 0.434. The predicted octanol–water partition coefficient (Wildman–Crippen LogP) is -1.25. The van der Waals surface area contributed by atoms with Crippen molar-refractivity contribution in [3.63, 3.8) is 0 Å². The van der Waals surface area contributed by atoms with E-state index in [0.29, 0.717) is 5.56 Å². The Kier molecular flexibility index (Phi) is 5.26. The number of carbonyl (C=O) groups is 2. The Morgan fingerprint density at radius 3 is 2.10 bits per heavy atom. The summed E-state index contributed by atoms with van der Waals surface area (Å²) in [4.78, 5) is 24.8. The molecule has 5 nitrogen and oxygen atoms in total. The second kappa shape index (κ2) is 6.61. The summed E-state index contributed by atoms with van der Waals surface area (Å²) in [6.07, 6.45) is 0. The van der Waals surface area contributed by atoms with Crippen molar-refractivity contribution in [1.82, 2.24) is 0 Å². The minimum atomic E-state index is -2.81. The van der Waals surface area contributed by atoms with Crippen molar-refractivity contribution in [3.05, 3.63) is 64.7 Å². The van der Waals surface area contributed by atoms with Crippen molar-refractivity contribution in [2.45, 2.75) is 0 Å². The largest absolute Gasteiger partial charge is 1.00 e. The van der Waals surface area contributed by atoms with Crippen LogP contribution in [-0.4, -0.2) is 20.3 Å². The van der Waals surface area contributed by atoms with Gasteiger partial charge in [0.05, 0.1) is 5.56 Å². The molecular weight excluding hydrogens is 319 g/mol. The van der Waals surface area contributed by atoms with Crippen LogP contribution in [0.5, 0.6) is 5.75 Å². The molecule has 0 saturated heterocycles. The van der Waals surface area contributed by atoms with Crippen molar-refractivity contribution in [3.8, 4) is 5.75 Å². The molecule has 2 aromatic carbocycles. The van der Waals surface area contributed by atoms with Gasteiger partial charge in [0.15, 0.2) is 17.3 Å². The zero-order chi connectivity index (χ0) is 14.3. The first-order valence-corrected chi connectivity index (χ1v) is 6.68. The number of hydrogen-bond donors (Lipinski definition) is 0. The Hall–Kier alpha value is -0.674. The molecular formula is C14H8KO5S-.